The van der Waals surface area contributed by atoms with Crippen LogP contribution in [0, 0.1) is 18.3 Å². The predicted molar refractivity (Wildman–Crippen MR) is 33.9 cm³/mol. The topological polar surface area (TPSA) is 12.9 Å². The van der Waals surface area contributed by atoms with Crippen molar-refractivity contribution in [1.29, 1.82) is 0 Å². The minimum absolute atomic E-state index is 0.212. The van der Waals surface area contributed by atoms with Gasteiger partial charge in [0.05, 0.1) is 10.8 Å². The zero-order chi connectivity index (χ0) is 7.14. The molecule has 0 unspecified atom stereocenters. The Hall–Kier alpha value is -1.58. The van der Waals surface area contributed by atoms with Gasteiger partial charge in [0.1, 0.15) is 5.35 Å². The highest BCUT2D eigenvalue weighted by Crippen LogP contribution is 1.95. The quantitative estimate of drug-likeness (QED) is 0.339. The second-order valence-corrected chi connectivity index (χ2v) is 1.99. The van der Waals surface area contributed by atoms with E-state index in [9.17, 15) is 4.39 Å². The molecule has 0 N–H and O–H groups in total. The van der Waals surface area contributed by atoms with Gasteiger partial charge in [-0.25, -0.2) is 4.98 Å². The zero-order valence-corrected chi connectivity index (χ0v) is 4.98. The Morgan fingerprint density at radius 1 is 1.70 bits per heavy atom. The van der Waals surface area contributed by atoms with Gasteiger partial charge in [-0.15, -0.1) is 6.42 Å². The van der Waals surface area contributed by atoms with E-state index >= 15 is 0 Å². The van der Waals surface area contributed by atoms with Crippen LogP contribution in [-0.4, -0.2) is 4.98 Å². The summed E-state index contributed by atoms with van der Waals surface area (Å²) in [6, 6.07) is 1.57. The highest BCUT2D eigenvalue weighted by Gasteiger charge is 2.04. The van der Waals surface area contributed by atoms with Crippen LogP contribution in [0.15, 0.2) is 6.07 Å². The molecule has 46 valence electrons. The Morgan fingerprint density at radius 3 is 3.20 bits per heavy atom. The molecule has 1 aromatic heterocycles. The summed E-state index contributed by atoms with van der Waals surface area (Å²) < 4.78 is 12.6. The molecule has 2 rings (SSSR count). The van der Waals surface area contributed by atoms with E-state index in [4.69, 9.17) is 6.42 Å². The molecule has 0 aromatic carbocycles. The summed E-state index contributed by atoms with van der Waals surface area (Å²) in [5.74, 6) is 1.61. The van der Waals surface area contributed by atoms with Gasteiger partial charge in [0.15, 0.2) is 0 Å². The first kappa shape index (κ1) is 5.22. The molecule has 1 aliphatic carbocycles. The molecule has 10 heavy (non-hydrogen) atoms. The van der Waals surface area contributed by atoms with Crippen LogP contribution in [0.25, 0.3) is 5.73 Å². The van der Waals surface area contributed by atoms with Gasteiger partial charge in [-0.3, -0.25) is 0 Å². The Morgan fingerprint density at radius 2 is 2.50 bits per heavy atom. The van der Waals surface area contributed by atoms with E-state index in [1.54, 1.807) is 6.07 Å². The summed E-state index contributed by atoms with van der Waals surface area (Å²) in [7, 11) is 0. The van der Waals surface area contributed by atoms with E-state index < -0.39 is 5.95 Å². The van der Waals surface area contributed by atoms with Crippen molar-refractivity contribution in [3.05, 3.63) is 28.1 Å². The number of rotatable bonds is 0. The molecule has 1 aliphatic rings. The van der Waals surface area contributed by atoms with Gasteiger partial charge in [-0.1, -0.05) is 11.7 Å². The third-order valence-corrected chi connectivity index (χ3v) is 1.32. The molecule has 0 amide bonds. The van der Waals surface area contributed by atoms with Crippen molar-refractivity contribution in [2.45, 2.75) is 0 Å². The molecule has 1 heterocycles. The molecule has 0 aliphatic heterocycles. The summed E-state index contributed by atoms with van der Waals surface area (Å²) in [6.45, 7) is 0. The maximum Gasteiger partial charge on any atom is 0.229 e. The predicted octanol–water partition coefficient (Wildman–Crippen LogP) is -0.733. The van der Waals surface area contributed by atoms with E-state index in [0.29, 0.717) is 5.35 Å². The third-order valence-electron chi connectivity index (χ3n) is 1.32. The van der Waals surface area contributed by atoms with E-state index in [1.165, 1.54) is 0 Å². The van der Waals surface area contributed by atoms with Crippen LogP contribution in [0.2, 0.25) is 0 Å². The summed E-state index contributed by atoms with van der Waals surface area (Å²) in [6.07, 6.45) is 4.98. The average molecular weight is 131 g/mol. The smallest absolute Gasteiger partial charge is 0.209 e. The summed E-state index contributed by atoms with van der Waals surface area (Å²) >= 11 is 0. The van der Waals surface area contributed by atoms with Gasteiger partial charge < -0.3 is 0 Å². The molecule has 2 heteroatoms. The Bertz CT molecular complexity index is 461. The van der Waals surface area contributed by atoms with Crippen LogP contribution >= 0.6 is 0 Å². The van der Waals surface area contributed by atoms with Crippen LogP contribution < -0.4 is 10.6 Å². The van der Waals surface area contributed by atoms with E-state index in [1.807, 2.05) is 0 Å². The maximum atomic E-state index is 12.6. The van der Waals surface area contributed by atoms with Crippen LogP contribution in [0.1, 0.15) is 5.56 Å². The number of aromatic nitrogens is 1. The fraction of sp³-hybridized carbons (Fsp3) is 0. The summed E-state index contributed by atoms with van der Waals surface area (Å²) in [5, 5.41) is 1.42. The number of pyridine rings is 1. The van der Waals surface area contributed by atoms with Gasteiger partial charge in [-0.2, -0.15) is 4.39 Å². The van der Waals surface area contributed by atoms with E-state index in [0.717, 1.165) is 5.22 Å². The van der Waals surface area contributed by atoms with E-state index in [-0.39, 0.29) is 5.56 Å². The summed E-state index contributed by atoms with van der Waals surface area (Å²) in [4.78, 5) is 3.52. The van der Waals surface area contributed by atoms with Crippen LogP contribution in [-0.2, 0) is 0 Å². The van der Waals surface area contributed by atoms with Gasteiger partial charge >= 0.3 is 0 Å². The van der Waals surface area contributed by atoms with Crippen molar-refractivity contribution in [2.75, 3.05) is 0 Å². The Labute approximate surface area is 56.5 Å². The number of terminal acetylenes is 1. The minimum atomic E-state index is -0.578. The van der Waals surface area contributed by atoms with Crippen molar-refractivity contribution in [3.8, 4) is 12.3 Å². The first-order valence-corrected chi connectivity index (χ1v) is 2.75. The van der Waals surface area contributed by atoms with E-state index in [2.05, 4.69) is 16.6 Å². The molecule has 0 bridgehead atoms. The molecule has 0 radical (unpaired) electrons. The van der Waals surface area contributed by atoms with Crippen molar-refractivity contribution >= 4 is 5.73 Å². The fourth-order valence-corrected chi connectivity index (χ4v) is 0.752. The number of halogens is 1. The van der Waals surface area contributed by atoms with Crippen LogP contribution in [0.5, 0.6) is 0 Å². The maximum absolute atomic E-state index is 12.6. The normalized spacial score (nSPS) is 10.4. The first-order chi connectivity index (χ1) is 4.81. The third kappa shape index (κ3) is 0.556. The molecule has 0 saturated carbocycles. The Balaban J connectivity index is 2.79. The molecular weight excluding hydrogens is 129 g/mol. The summed E-state index contributed by atoms with van der Waals surface area (Å²) in [5.41, 5.74) is 2.97. The van der Waals surface area contributed by atoms with Crippen molar-refractivity contribution in [3.63, 3.8) is 0 Å². The number of hydrogen-bond donors (Lipinski definition) is 0. The SMILES string of the molecule is C#Cc1cc2c(nc1F)=C=2. The highest BCUT2D eigenvalue weighted by atomic mass is 19.1. The molecule has 0 fully saturated rings. The second-order valence-electron chi connectivity index (χ2n) is 1.99. The van der Waals surface area contributed by atoms with Gasteiger partial charge in [0.25, 0.3) is 0 Å². The standard InChI is InChI=1S/C8H2FN/c1-2-5-3-6-4-7(6)10-8(5)9/h1,3H. The van der Waals surface area contributed by atoms with Crippen LogP contribution in [0.4, 0.5) is 4.39 Å². The molecule has 0 spiro atoms. The molecule has 1 aromatic rings. The average Bonchev–Trinajstić information content (AvgIpc) is 2.64. The largest absolute Gasteiger partial charge is 0.229 e. The molecule has 1 nitrogen and oxygen atoms in total. The molecule has 0 saturated heterocycles. The molecule has 0 atom stereocenters. The lowest BCUT2D eigenvalue weighted by atomic mass is 10.3. The monoisotopic (exact) mass is 131 g/mol. The highest BCUT2D eigenvalue weighted by molar-refractivity contribution is 5.40. The van der Waals surface area contributed by atoms with Gasteiger partial charge in [0, 0.05) is 0 Å². The minimum Gasteiger partial charge on any atom is -0.209 e. The second kappa shape index (κ2) is 1.47. The van der Waals surface area contributed by atoms with Crippen molar-refractivity contribution in [2.24, 2.45) is 0 Å². The zero-order valence-electron chi connectivity index (χ0n) is 4.98. The number of hydrogen-bond acceptors (Lipinski definition) is 1. The lowest BCUT2D eigenvalue weighted by molar-refractivity contribution is 0.577. The van der Waals surface area contributed by atoms with Gasteiger partial charge in [0.2, 0.25) is 5.95 Å². The van der Waals surface area contributed by atoms with Crippen LogP contribution in [0.3, 0.4) is 0 Å². The lowest BCUT2D eigenvalue weighted by Crippen LogP contribution is -2.14. The fourth-order valence-electron chi connectivity index (χ4n) is 0.752. The van der Waals surface area contributed by atoms with Crippen molar-refractivity contribution < 1.29 is 4.39 Å². The van der Waals surface area contributed by atoms with Crippen molar-refractivity contribution in [1.82, 2.24) is 4.98 Å². The lowest BCUT2D eigenvalue weighted by Gasteiger charge is -1.86. The van der Waals surface area contributed by atoms with Gasteiger partial charge in [-0.05, 0) is 6.07 Å². The Kier molecular flexibility index (Phi) is 0.768. The number of nitrogens with zero attached hydrogens (tertiary/aromatic N) is 1. The first-order valence-electron chi connectivity index (χ1n) is 2.75. The molecular formula is C8H2FN. The number of fused-ring (bicyclic) bond motifs is 1.